The minimum Gasteiger partial charge on any atom is -0.345 e. The number of fused-ring (bicyclic) bond motifs is 2. The number of hydrogen-bond acceptors (Lipinski definition) is 8. The monoisotopic (exact) mass is 528 g/mol. The van der Waals surface area contributed by atoms with Crippen LogP contribution in [0.25, 0.3) is 21.1 Å². The van der Waals surface area contributed by atoms with Crippen molar-refractivity contribution < 1.29 is 0 Å². The predicted molar refractivity (Wildman–Crippen MR) is 152 cm³/mol. The highest BCUT2D eigenvalue weighted by molar-refractivity contribution is 7.22. The van der Waals surface area contributed by atoms with E-state index in [9.17, 15) is 4.79 Å². The first kappa shape index (κ1) is 24.7. The summed E-state index contributed by atoms with van der Waals surface area (Å²) >= 11 is 1.73. The molecule has 38 heavy (non-hydrogen) atoms. The van der Waals surface area contributed by atoms with Gasteiger partial charge in [-0.2, -0.15) is 0 Å². The molecule has 0 radical (unpaired) electrons. The van der Waals surface area contributed by atoms with E-state index < -0.39 is 0 Å². The lowest BCUT2D eigenvalue weighted by Gasteiger charge is -2.39. The van der Waals surface area contributed by atoms with E-state index >= 15 is 0 Å². The number of anilines is 1. The van der Waals surface area contributed by atoms with Gasteiger partial charge in [0.2, 0.25) is 0 Å². The van der Waals surface area contributed by atoms with Gasteiger partial charge in [0.25, 0.3) is 5.56 Å². The van der Waals surface area contributed by atoms with Gasteiger partial charge in [0.05, 0.1) is 15.8 Å². The number of thiazole rings is 1. The molecule has 5 aromatic rings. The fourth-order valence-electron chi connectivity index (χ4n) is 5.15. The summed E-state index contributed by atoms with van der Waals surface area (Å²) in [5.74, 6) is 0.697. The standard InChI is InChI=1S/C28H32N8OS/c1-5-28(3,4)36-25(31-32-33-36)24(20-17-19-11-10-18(2)16-22(19)29-26(20)37)34-12-14-35(15-13-34)27-30-21-8-6-7-9-23(21)38-27/h6-11,16-17,24H,5,12-15H2,1-4H3,(H,29,37)/t24-/m1/s1. The van der Waals surface area contributed by atoms with Crippen LogP contribution in [0.3, 0.4) is 0 Å². The highest BCUT2D eigenvalue weighted by atomic mass is 32.1. The van der Waals surface area contributed by atoms with E-state index in [1.807, 2.05) is 29.8 Å². The van der Waals surface area contributed by atoms with Crippen LogP contribution in [0.1, 0.15) is 50.2 Å². The van der Waals surface area contributed by atoms with Crippen LogP contribution in [-0.2, 0) is 5.54 Å². The number of aromatic amines is 1. The highest BCUT2D eigenvalue weighted by Crippen LogP contribution is 2.33. The third-order valence-corrected chi connectivity index (χ3v) is 8.83. The van der Waals surface area contributed by atoms with Crippen LogP contribution in [0, 0.1) is 6.92 Å². The topological polar surface area (TPSA) is 95.8 Å². The van der Waals surface area contributed by atoms with Crippen molar-refractivity contribution in [3.05, 3.63) is 75.8 Å². The molecular weight excluding hydrogens is 496 g/mol. The van der Waals surface area contributed by atoms with Crippen molar-refractivity contribution in [3.8, 4) is 0 Å². The summed E-state index contributed by atoms with van der Waals surface area (Å²) in [7, 11) is 0. The Balaban J connectivity index is 1.38. The number of benzene rings is 2. The number of rotatable bonds is 6. The molecule has 3 aromatic heterocycles. The Morgan fingerprint density at radius 2 is 1.87 bits per heavy atom. The summed E-state index contributed by atoms with van der Waals surface area (Å²) in [5.41, 5.74) is 3.25. The summed E-state index contributed by atoms with van der Waals surface area (Å²) in [5, 5.41) is 15.0. The summed E-state index contributed by atoms with van der Waals surface area (Å²) in [6.45, 7) is 11.5. The van der Waals surface area contributed by atoms with E-state index in [4.69, 9.17) is 4.98 Å². The number of aromatic nitrogens is 6. The van der Waals surface area contributed by atoms with Crippen LogP contribution >= 0.6 is 11.3 Å². The van der Waals surface area contributed by atoms with Gasteiger partial charge in [0.1, 0.15) is 6.04 Å². The number of H-pyrrole nitrogens is 1. The average Bonchev–Trinajstić information content (AvgIpc) is 3.58. The summed E-state index contributed by atoms with van der Waals surface area (Å²) in [6.07, 6.45) is 0.858. The number of nitrogens with one attached hydrogen (secondary N) is 1. The molecular formula is C28H32N8OS. The number of hydrogen-bond donors (Lipinski definition) is 1. The van der Waals surface area contributed by atoms with Gasteiger partial charge in [0, 0.05) is 37.3 Å². The molecule has 1 aliphatic heterocycles. The van der Waals surface area contributed by atoms with Crippen molar-refractivity contribution in [2.45, 2.75) is 45.7 Å². The first-order chi connectivity index (χ1) is 18.3. The first-order valence-corrected chi connectivity index (χ1v) is 13.9. The molecule has 1 saturated heterocycles. The molecule has 196 valence electrons. The average molecular weight is 529 g/mol. The molecule has 1 atom stereocenters. The maximum Gasteiger partial charge on any atom is 0.253 e. The second-order valence-corrected chi connectivity index (χ2v) is 11.7. The number of para-hydroxylation sites is 1. The number of aryl methyl sites for hydroxylation is 1. The van der Waals surface area contributed by atoms with Gasteiger partial charge in [-0.05, 0) is 72.8 Å². The van der Waals surface area contributed by atoms with Crippen molar-refractivity contribution in [2.75, 3.05) is 31.1 Å². The third kappa shape index (κ3) is 4.37. The van der Waals surface area contributed by atoms with E-state index in [0.29, 0.717) is 11.4 Å². The Morgan fingerprint density at radius 1 is 1.08 bits per heavy atom. The third-order valence-electron chi connectivity index (χ3n) is 7.73. The Kier molecular flexibility index (Phi) is 6.23. The maximum atomic E-state index is 13.6. The minimum atomic E-state index is -0.372. The Bertz CT molecular complexity index is 1630. The molecule has 0 saturated carbocycles. The summed E-state index contributed by atoms with van der Waals surface area (Å²) in [6, 6.07) is 16.0. The van der Waals surface area contributed by atoms with Crippen molar-refractivity contribution in [2.24, 2.45) is 0 Å². The lowest BCUT2D eigenvalue weighted by Crippen LogP contribution is -2.49. The zero-order valence-corrected chi connectivity index (χ0v) is 23.0. The number of tetrazole rings is 1. The molecule has 1 aliphatic rings. The quantitative estimate of drug-likeness (QED) is 0.347. The lowest BCUT2D eigenvalue weighted by atomic mass is 9.98. The predicted octanol–water partition coefficient (Wildman–Crippen LogP) is 4.49. The normalized spacial score (nSPS) is 15.9. The van der Waals surface area contributed by atoms with E-state index in [0.717, 1.165) is 59.7 Å². The molecule has 0 aliphatic carbocycles. The van der Waals surface area contributed by atoms with Crippen LogP contribution in [0.4, 0.5) is 5.13 Å². The van der Waals surface area contributed by atoms with Gasteiger partial charge in [-0.25, -0.2) is 9.67 Å². The van der Waals surface area contributed by atoms with Gasteiger partial charge in [-0.1, -0.05) is 42.5 Å². The second-order valence-electron chi connectivity index (χ2n) is 10.6. The van der Waals surface area contributed by atoms with Crippen molar-refractivity contribution in [1.82, 2.24) is 35.1 Å². The molecule has 0 amide bonds. The molecule has 2 aromatic carbocycles. The Morgan fingerprint density at radius 3 is 2.63 bits per heavy atom. The van der Waals surface area contributed by atoms with Gasteiger partial charge < -0.3 is 9.88 Å². The number of piperazine rings is 1. The largest absolute Gasteiger partial charge is 0.345 e. The molecule has 0 spiro atoms. The van der Waals surface area contributed by atoms with Crippen LogP contribution in [-0.4, -0.2) is 61.3 Å². The zero-order chi connectivity index (χ0) is 26.4. The van der Waals surface area contributed by atoms with Gasteiger partial charge in [-0.3, -0.25) is 9.69 Å². The highest BCUT2D eigenvalue weighted by Gasteiger charge is 2.36. The van der Waals surface area contributed by atoms with E-state index in [2.05, 4.69) is 81.4 Å². The van der Waals surface area contributed by atoms with Crippen molar-refractivity contribution in [3.63, 3.8) is 0 Å². The SMILES string of the molecule is CCC(C)(C)n1nnnc1[C@@H](c1cc2ccc(C)cc2[nH]c1=O)N1CCN(c2nc3ccccc3s2)CC1. The van der Waals surface area contributed by atoms with E-state index in [-0.39, 0.29) is 17.1 Å². The molecule has 0 bridgehead atoms. The first-order valence-electron chi connectivity index (χ1n) is 13.1. The van der Waals surface area contributed by atoms with Crippen LogP contribution in [0.2, 0.25) is 0 Å². The van der Waals surface area contributed by atoms with Crippen molar-refractivity contribution in [1.29, 1.82) is 0 Å². The zero-order valence-electron chi connectivity index (χ0n) is 22.2. The summed E-state index contributed by atoms with van der Waals surface area (Å²) in [4.78, 5) is 26.2. The van der Waals surface area contributed by atoms with Gasteiger partial charge in [0.15, 0.2) is 11.0 Å². The van der Waals surface area contributed by atoms with E-state index in [1.54, 1.807) is 11.3 Å². The van der Waals surface area contributed by atoms with Gasteiger partial charge in [-0.15, -0.1) is 5.10 Å². The fraction of sp³-hybridized carbons (Fsp3) is 0.393. The van der Waals surface area contributed by atoms with Crippen LogP contribution in [0.15, 0.2) is 53.3 Å². The molecule has 6 rings (SSSR count). The van der Waals surface area contributed by atoms with Gasteiger partial charge >= 0.3 is 0 Å². The second kappa shape index (κ2) is 9.59. The van der Waals surface area contributed by atoms with Crippen molar-refractivity contribution >= 4 is 37.6 Å². The molecule has 9 nitrogen and oxygen atoms in total. The molecule has 10 heteroatoms. The minimum absolute atomic E-state index is 0.106. The fourth-order valence-corrected chi connectivity index (χ4v) is 6.16. The Hall–Kier alpha value is -3.63. The molecule has 4 heterocycles. The molecule has 0 unspecified atom stereocenters. The number of pyridine rings is 1. The van der Waals surface area contributed by atoms with Crippen LogP contribution < -0.4 is 10.5 Å². The molecule has 1 N–H and O–H groups in total. The maximum absolute atomic E-state index is 13.6. The van der Waals surface area contributed by atoms with E-state index in [1.165, 1.54) is 4.70 Å². The smallest absolute Gasteiger partial charge is 0.253 e. The molecule has 1 fully saturated rings. The van der Waals surface area contributed by atoms with Crippen LogP contribution in [0.5, 0.6) is 0 Å². The summed E-state index contributed by atoms with van der Waals surface area (Å²) < 4.78 is 3.10. The number of nitrogens with zero attached hydrogens (tertiary/aromatic N) is 7. The Labute approximate surface area is 225 Å². The lowest BCUT2D eigenvalue weighted by molar-refractivity contribution is 0.186.